The van der Waals surface area contributed by atoms with Crippen molar-refractivity contribution >= 4 is 11.5 Å². The molecule has 4 heteroatoms. The number of ketones is 1. The molecule has 4 nitrogen and oxygen atoms in total. The summed E-state index contributed by atoms with van der Waals surface area (Å²) in [5, 5.41) is 0. The molecule has 2 saturated heterocycles. The van der Waals surface area contributed by atoms with Crippen LogP contribution in [0.25, 0.3) is 0 Å². The molecule has 0 aromatic heterocycles. The van der Waals surface area contributed by atoms with Crippen molar-refractivity contribution in [2.24, 2.45) is 5.92 Å². The van der Waals surface area contributed by atoms with E-state index in [9.17, 15) is 4.79 Å². The third-order valence-electron chi connectivity index (χ3n) is 7.08. The second-order valence-electron chi connectivity index (χ2n) is 9.20. The summed E-state index contributed by atoms with van der Waals surface area (Å²) in [7, 11) is 0. The maximum absolute atomic E-state index is 11.3. The van der Waals surface area contributed by atoms with Crippen LogP contribution < -0.4 is 4.90 Å². The number of piperidine rings is 1. The van der Waals surface area contributed by atoms with E-state index in [1.165, 1.54) is 70.3 Å². The van der Waals surface area contributed by atoms with Crippen molar-refractivity contribution in [1.82, 2.24) is 9.80 Å². The number of benzene rings is 1. The van der Waals surface area contributed by atoms with Crippen molar-refractivity contribution in [1.29, 1.82) is 0 Å². The largest absolute Gasteiger partial charge is 0.369 e. The zero-order valence-corrected chi connectivity index (χ0v) is 17.7. The second kappa shape index (κ2) is 9.41. The van der Waals surface area contributed by atoms with E-state index in [1.54, 1.807) is 18.1 Å². The highest BCUT2D eigenvalue weighted by molar-refractivity contribution is 5.77. The highest BCUT2D eigenvalue weighted by Gasteiger charge is 2.22. The molecule has 0 saturated carbocycles. The predicted molar refractivity (Wildman–Crippen MR) is 116 cm³/mol. The lowest BCUT2D eigenvalue weighted by atomic mass is 9.91. The number of likely N-dealkylation sites (tertiary alicyclic amines) is 1. The first-order chi connectivity index (χ1) is 13.7. The highest BCUT2D eigenvalue weighted by atomic mass is 16.1. The molecule has 0 atom stereocenters. The summed E-state index contributed by atoms with van der Waals surface area (Å²) in [5.41, 5.74) is 4.63. The molecule has 1 aromatic rings. The van der Waals surface area contributed by atoms with Gasteiger partial charge in [-0.2, -0.15) is 0 Å². The Bertz CT molecular complexity index is 658. The van der Waals surface area contributed by atoms with Crippen molar-refractivity contribution < 1.29 is 4.79 Å². The van der Waals surface area contributed by atoms with Crippen molar-refractivity contribution in [2.45, 2.75) is 51.9 Å². The van der Waals surface area contributed by atoms with Crippen LogP contribution in [0.1, 0.15) is 50.2 Å². The number of piperazine rings is 1. The molecule has 2 fully saturated rings. The monoisotopic (exact) mass is 383 g/mol. The minimum atomic E-state index is 0.301. The van der Waals surface area contributed by atoms with Gasteiger partial charge in [-0.3, -0.25) is 14.6 Å². The number of rotatable bonds is 6. The van der Waals surface area contributed by atoms with E-state index < -0.39 is 0 Å². The molecular formula is C24H37N3O. The van der Waals surface area contributed by atoms with E-state index in [4.69, 9.17) is 0 Å². The molecule has 3 aliphatic rings. The van der Waals surface area contributed by atoms with E-state index in [2.05, 4.69) is 32.9 Å². The first-order valence-corrected chi connectivity index (χ1v) is 11.5. The van der Waals surface area contributed by atoms with Crippen LogP contribution in [0.15, 0.2) is 18.2 Å². The number of fused-ring (bicyclic) bond motifs is 1. The van der Waals surface area contributed by atoms with Gasteiger partial charge in [-0.1, -0.05) is 6.07 Å². The van der Waals surface area contributed by atoms with Crippen molar-refractivity contribution in [2.75, 3.05) is 57.3 Å². The molecule has 28 heavy (non-hydrogen) atoms. The molecule has 0 spiro atoms. The number of Topliss-reactive ketones (excluding diaryl/α,β-unsaturated/α-hetero) is 1. The van der Waals surface area contributed by atoms with Gasteiger partial charge in [0.2, 0.25) is 0 Å². The fraction of sp³-hybridized carbons (Fsp3) is 0.708. The quantitative estimate of drug-likeness (QED) is 0.752. The number of carbonyl (C=O) groups is 1. The SMILES string of the molecule is CC(=O)CN1CCC(CCN2CCN(c3ccc4c(c3)CCCC4)CC2)CC1. The van der Waals surface area contributed by atoms with Gasteiger partial charge in [-0.15, -0.1) is 0 Å². The Morgan fingerprint density at radius 1 is 0.929 bits per heavy atom. The summed E-state index contributed by atoms with van der Waals surface area (Å²) in [6, 6.07) is 7.21. The standard InChI is InChI=1S/C24H37N3O/c1-20(28)19-26-12-9-21(10-13-26)8-11-25-14-16-27(17-15-25)24-7-6-22-4-2-3-5-23(22)18-24/h6-7,18,21H,2-5,8-17,19H2,1H3. The van der Waals surface area contributed by atoms with E-state index in [0.717, 1.165) is 32.1 Å². The van der Waals surface area contributed by atoms with Gasteiger partial charge < -0.3 is 4.90 Å². The van der Waals surface area contributed by atoms with Crippen molar-refractivity contribution in [3.8, 4) is 0 Å². The Hall–Kier alpha value is -1.39. The van der Waals surface area contributed by atoms with Gasteiger partial charge in [-0.05, 0) is 101 Å². The Balaban J connectivity index is 1.18. The van der Waals surface area contributed by atoms with Crippen LogP contribution >= 0.6 is 0 Å². The summed E-state index contributed by atoms with van der Waals surface area (Å²) < 4.78 is 0. The Kier molecular flexibility index (Phi) is 6.69. The van der Waals surface area contributed by atoms with Crippen LogP contribution in [0.2, 0.25) is 0 Å². The summed E-state index contributed by atoms with van der Waals surface area (Å²) in [4.78, 5) is 18.9. The van der Waals surface area contributed by atoms with Crippen LogP contribution in [0.5, 0.6) is 0 Å². The highest BCUT2D eigenvalue weighted by Crippen LogP contribution is 2.27. The maximum atomic E-state index is 11.3. The van der Waals surface area contributed by atoms with Gasteiger partial charge in [0.1, 0.15) is 5.78 Å². The van der Waals surface area contributed by atoms with Crippen LogP contribution in [-0.4, -0.2) is 67.9 Å². The third-order valence-corrected chi connectivity index (χ3v) is 7.08. The predicted octanol–water partition coefficient (Wildman–Crippen LogP) is 3.38. The molecule has 0 unspecified atom stereocenters. The topological polar surface area (TPSA) is 26.8 Å². The molecule has 1 aliphatic carbocycles. The number of nitrogens with zero attached hydrogens (tertiary/aromatic N) is 3. The fourth-order valence-electron chi connectivity index (χ4n) is 5.26. The molecule has 154 valence electrons. The number of anilines is 1. The summed E-state index contributed by atoms with van der Waals surface area (Å²) in [5.74, 6) is 1.15. The van der Waals surface area contributed by atoms with Crippen LogP contribution in [-0.2, 0) is 17.6 Å². The van der Waals surface area contributed by atoms with Crippen LogP contribution in [0.4, 0.5) is 5.69 Å². The number of carbonyl (C=O) groups excluding carboxylic acids is 1. The first kappa shape index (κ1) is 19.9. The lowest BCUT2D eigenvalue weighted by Gasteiger charge is -2.38. The van der Waals surface area contributed by atoms with E-state index in [-0.39, 0.29) is 0 Å². The summed E-state index contributed by atoms with van der Waals surface area (Å²) in [6.07, 6.45) is 9.13. The summed E-state index contributed by atoms with van der Waals surface area (Å²) in [6.45, 7) is 10.5. The molecule has 0 N–H and O–H groups in total. The minimum Gasteiger partial charge on any atom is -0.369 e. The number of hydrogen-bond donors (Lipinski definition) is 0. The molecule has 2 aliphatic heterocycles. The Morgan fingerprint density at radius 3 is 2.36 bits per heavy atom. The number of aryl methyl sites for hydroxylation is 2. The smallest absolute Gasteiger partial charge is 0.143 e. The van der Waals surface area contributed by atoms with E-state index in [0.29, 0.717) is 12.3 Å². The zero-order chi connectivity index (χ0) is 19.3. The van der Waals surface area contributed by atoms with Gasteiger partial charge in [0, 0.05) is 31.9 Å². The normalized spacial score (nSPS) is 22.2. The lowest BCUT2D eigenvalue weighted by Crippen LogP contribution is -2.47. The van der Waals surface area contributed by atoms with Crippen LogP contribution in [0.3, 0.4) is 0 Å². The first-order valence-electron chi connectivity index (χ1n) is 11.5. The van der Waals surface area contributed by atoms with E-state index >= 15 is 0 Å². The van der Waals surface area contributed by atoms with Crippen LogP contribution in [0, 0.1) is 5.92 Å². The van der Waals surface area contributed by atoms with Gasteiger partial charge in [0.25, 0.3) is 0 Å². The molecular weight excluding hydrogens is 346 g/mol. The average Bonchev–Trinajstić information content (AvgIpc) is 2.73. The van der Waals surface area contributed by atoms with Gasteiger partial charge >= 0.3 is 0 Å². The van der Waals surface area contributed by atoms with Crippen molar-refractivity contribution in [3.05, 3.63) is 29.3 Å². The Labute approximate surface area is 170 Å². The molecule has 1 aromatic carbocycles. The molecule has 0 radical (unpaired) electrons. The van der Waals surface area contributed by atoms with Crippen molar-refractivity contribution in [3.63, 3.8) is 0 Å². The minimum absolute atomic E-state index is 0.301. The molecule has 0 bridgehead atoms. The zero-order valence-electron chi connectivity index (χ0n) is 17.7. The third kappa shape index (κ3) is 5.15. The van der Waals surface area contributed by atoms with Gasteiger partial charge in [-0.25, -0.2) is 0 Å². The van der Waals surface area contributed by atoms with E-state index in [1.807, 2.05) is 0 Å². The fourth-order valence-corrected chi connectivity index (χ4v) is 5.26. The lowest BCUT2D eigenvalue weighted by molar-refractivity contribution is -0.118. The molecule has 4 rings (SSSR count). The van der Waals surface area contributed by atoms with Gasteiger partial charge in [0.05, 0.1) is 6.54 Å². The second-order valence-corrected chi connectivity index (χ2v) is 9.20. The Morgan fingerprint density at radius 2 is 1.64 bits per heavy atom. The maximum Gasteiger partial charge on any atom is 0.143 e. The molecule has 2 heterocycles. The number of hydrogen-bond acceptors (Lipinski definition) is 4. The van der Waals surface area contributed by atoms with Gasteiger partial charge in [0.15, 0.2) is 0 Å². The molecule has 0 amide bonds. The summed E-state index contributed by atoms with van der Waals surface area (Å²) >= 11 is 0. The average molecular weight is 384 g/mol.